The van der Waals surface area contributed by atoms with Crippen LogP contribution in [-0.4, -0.2) is 40.1 Å². The minimum atomic E-state index is -0.818. The van der Waals surface area contributed by atoms with Gasteiger partial charge in [0.2, 0.25) is 0 Å². The van der Waals surface area contributed by atoms with E-state index in [1.54, 1.807) is 18.7 Å². The second-order valence-corrected chi connectivity index (χ2v) is 5.86. The monoisotopic (exact) mass is 294 g/mol. The minimum absolute atomic E-state index is 0.173. The van der Waals surface area contributed by atoms with Gasteiger partial charge in [0.25, 0.3) is 5.91 Å². The van der Waals surface area contributed by atoms with E-state index in [-0.39, 0.29) is 12.5 Å². The number of hydrogen-bond acceptors (Lipinski definition) is 4. The Morgan fingerprint density at radius 1 is 1.43 bits per heavy atom. The fraction of sp³-hybridized carbons (Fsp3) is 0.667. The molecule has 1 aromatic heterocycles. The maximum atomic E-state index is 12.7. The first-order valence-corrected chi connectivity index (χ1v) is 7.37. The summed E-state index contributed by atoms with van der Waals surface area (Å²) in [5.41, 5.74) is 0.203. The molecule has 21 heavy (non-hydrogen) atoms. The summed E-state index contributed by atoms with van der Waals surface area (Å²) in [5, 5.41) is 13.4. The molecular weight excluding hydrogens is 272 g/mol. The smallest absolute Gasteiger partial charge is 0.311 e. The van der Waals surface area contributed by atoms with Gasteiger partial charge in [0, 0.05) is 13.1 Å². The minimum Gasteiger partial charge on any atom is -0.481 e. The van der Waals surface area contributed by atoms with Crippen molar-refractivity contribution < 1.29 is 19.2 Å². The average molecular weight is 294 g/mol. The Hall–Kier alpha value is -1.85. The van der Waals surface area contributed by atoms with Crippen LogP contribution in [0.1, 0.15) is 54.4 Å². The molecule has 1 saturated heterocycles. The third-order valence-corrected chi connectivity index (χ3v) is 4.29. The van der Waals surface area contributed by atoms with Crippen molar-refractivity contribution >= 4 is 11.9 Å². The first-order chi connectivity index (χ1) is 9.91. The molecule has 0 spiro atoms. The number of nitrogens with zero attached hydrogens (tertiary/aromatic N) is 2. The third-order valence-electron chi connectivity index (χ3n) is 4.29. The molecule has 0 aliphatic carbocycles. The molecule has 0 radical (unpaired) electrons. The lowest BCUT2D eigenvalue weighted by molar-refractivity contribution is -0.152. The van der Waals surface area contributed by atoms with Gasteiger partial charge >= 0.3 is 5.97 Å². The van der Waals surface area contributed by atoms with Gasteiger partial charge in [0.05, 0.1) is 11.1 Å². The number of amides is 1. The van der Waals surface area contributed by atoms with E-state index in [4.69, 9.17) is 4.52 Å². The van der Waals surface area contributed by atoms with Crippen LogP contribution in [0.15, 0.2) is 4.52 Å². The van der Waals surface area contributed by atoms with Crippen molar-refractivity contribution in [2.45, 2.75) is 46.5 Å². The summed E-state index contributed by atoms with van der Waals surface area (Å²) in [6.45, 7) is 6.25. The Morgan fingerprint density at radius 2 is 2.14 bits per heavy atom. The summed E-state index contributed by atoms with van der Waals surface area (Å²) in [6.07, 6.45) is 2.72. The Morgan fingerprint density at radius 3 is 2.67 bits per heavy atom. The zero-order valence-electron chi connectivity index (χ0n) is 12.8. The number of aryl methyl sites for hydroxylation is 2. The quantitative estimate of drug-likeness (QED) is 0.921. The second-order valence-electron chi connectivity index (χ2n) is 5.86. The van der Waals surface area contributed by atoms with E-state index in [0.717, 1.165) is 6.42 Å². The van der Waals surface area contributed by atoms with E-state index in [2.05, 4.69) is 5.16 Å². The van der Waals surface area contributed by atoms with Crippen LogP contribution in [0, 0.1) is 19.3 Å². The Labute approximate surface area is 124 Å². The summed E-state index contributed by atoms with van der Waals surface area (Å²) in [7, 11) is 0. The first-order valence-electron chi connectivity index (χ1n) is 7.37. The van der Waals surface area contributed by atoms with E-state index in [9.17, 15) is 14.7 Å². The molecule has 2 rings (SSSR count). The molecule has 1 aliphatic heterocycles. The number of likely N-dealkylation sites (tertiary alicyclic amines) is 1. The standard InChI is InChI=1S/C15H22N2O4/c1-4-6-15(14(19)20)7-5-8-17(9-15)13(18)12-10(2)16-21-11(12)3/h4-9H2,1-3H3,(H,19,20)/t15-/m0/s1. The van der Waals surface area contributed by atoms with Gasteiger partial charge in [-0.25, -0.2) is 0 Å². The van der Waals surface area contributed by atoms with Crippen LogP contribution in [0.4, 0.5) is 0 Å². The summed E-state index contributed by atoms with van der Waals surface area (Å²) < 4.78 is 5.04. The summed E-state index contributed by atoms with van der Waals surface area (Å²) in [5.74, 6) is -0.493. The van der Waals surface area contributed by atoms with Gasteiger partial charge in [-0.1, -0.05) is 18.5 Å². The van der Waals surface area contributed by atoms with Crippen molar-refractivity contribution in [1.29, 1.82) is 0 Å². The predicted molar refractivity (Wildman–Crippen MR) is 76.1 cm³/mol. The zero-order valence-corrected chi connectivity index (χ0v) is 12.8. The summed E-state index contributed by atoms with van der Waals surface area (Å²) in [4.78, 5) is 26.0. The lowest BCUT2D eigenvalue weighted by Gasteiger charge is -2.39. The number of aliphatic carboxylic acids is 1. The topological polar surface area (TPSA) is 83.6 Å². The number of carboxylic acid groups (broad SMARTS) is 1. The number of carbonyl (C=O) groups excluding carboxylic acids is 1. The zero-order chi connectivity index (χ0) is 15.6. The van der Waals surface area contributed by atoms with Crippen molar-refractivity contribution in [2.24, 2.45) is 5.41 Å². The largest absolute Gasteiger partial charge is 0.481 e. The fourth-order valence-corrected chi connectivity index (χ4v) is 3.22. The molecule has 1 N–H and O–H groups in total. The normalized spacial score (nSPS) is 22.3. The van der Waals surface area contributed by atoms with Crippen molar-refractivity contribution in [2.75, 3.05) is 13.1 Å². The first kappa shape index (κ1) is 15.5. The molecule has 1 amide bonds. The lowest BCUT2D eigenvalue weighted by atomic mass is 9.76. The van der Waals surface area contributed by atoms with E-state index >= 15 is 0 Å². The number of rotatable bonds is 4. The van der Waals surface area contributed by atoms with E-state index in [1.165, 1.54) is 0 Å². The highest BCUT2D eigenvalue weighted by Crippen LogP contribution is 2.36. The highest BCUT2D eigenvalue weighted by molar-refractivity contribution is 5.96. The van der Waals surface area contributed by atoms with Crippen molar-refractivity contribution in [3.05, 3.63) is 17.0 Å². The summed E-state index contributed by atoms with van der Waals surface area (Å²) in [6, 6.07) is 0. The molecule has 6 heteroatoms. The lowest BCUT2D eigenvalue weighted by Crippen LogP contribution is -2.50. The maximum Gasteiger partial charge on any atom is 0.311 e. The van der Waals surface area contributed by atoms with Crippen molar-refractivity contribution in [3.63, 3.8) is 0 Å². The molecule has 1 atom stereocenters. The number of carboxylic acids is 1. The molecular formula is C15H22N2O4. The second kappa shape index (κ2) is 5.87. The van der Waals surface area contributed by atoms with E-state index < -0.39 is 11.4 Å². The molecule has 0 bridgehead atoms. The SMILES string of the molecule is CCC[C@]1(C(=O)O)CCCN(C(=O)c2c(C)noc2C)C1. The molecule has 0 saturated carbocycles. The van der Waals surface area contributed by atoms with Crippen LogP contribution < -0.4 is 0 Å². The van der Waals surface area contributed by atoms with Gasteiger partial charge in [-0.2, -0.15) is 0 Å². The van der Waals surface area contributed by atoms with Crippen LogP contribution in [0.5, 0.6) is 0 Å². The van der Waals surface area contributed by atoms with E-state index in [0.29, 0.717) is 42.8 Å². The number of hydrogen-bond donors (Lipinski definition) is 1. The number of aromatic nitrogens is 1. The maximum absolute atomic E-state index is 12.7. The molecule has 0 aromatic carbocycles. The number of piperidine rings is 1. The predicted octanol–water partition coefficient (Wildman–Crippen LogP) is 2.40. The van der Waals surface area contributed by atoms with Crippen LogP contribution in [0.2, 0.25) is 0 Å². The number of carbonyl (C=O) groups is 2. The molecule has 116 valence electrons. The van der Waals surface area contributed by atoms with Gasteiger partial charge in [-0.3, -0.25) is 9.59 Å². The van der Waals surface area contributed by atoms with Crippen LogP contribution in [0.3, 0.4) is 0 Å². The fourth-order valence-electron chi connectivity index (χ4n) is 3.22. The highest BCUT2D eigenvalue weighted by atomic mass is 16.5. The average Bonchev–Trinajstić information content (AvgIpc) is 2.78. The van der Waals surface area contributed by atoms with Crippen molar-refractivity contribution in [1.82, 2.24) is 10.1 Å². The van der Waals surface area contributed by atoms with Crippen LogP contribution in [0.25, 0.3) is 0 Å². The molecule has 1 aromatic rings. The molecule has 2 heterocycles. The Kier molecular flexibility index (Phi) is 4.34. The molecule has 6 nitrogen and oxygen atoms in total. The highest BCUT2D eigenvalue weighted by Gasteiger charge is 2.43. The Bertz CT molecular complexity index is 528. The van der Waals surface area contributed by atoms with Crippen molar-refractivity contribution in [3.8, 4) is 0 Å². The van der Waals surface area contributed by atoms with Gasteiger partial charge < -0.3 is 14.5 Å². The van der Waals surface area contributed by atoms with Crippen LogP contribution >= 0.6 is 0 Å². The molecule has 1 aliphatic rings. The van der Waals surface area contributed by atoms with E-state index in [1.807, 2.05) is 6.92 Å². The Balaban J connectivity index is 2.25. The van der Waals surface area contributed by atoms with Gasteiger partial charge in [-0.05, 0) is 33.1 Å². The molecule has 1 fully saturated rings. The third kappa shape index (κ3) is 2.80. The molecule has 0 unspecified atom stereocenters. The van der Waals surface area contributed by atoms with Gasteiger partial charge in [0.15, 0.2) is 0 Å². The van der Waals surface area contributed by atoms with Gasteiger partial charge in [0.1, 0.15) is 11.3 Å². The van der Waals surface area contributed by atoms with Crippen LogP contribution in [-0.2, 0) is 4.79 Å². The summed E-state index contributed by atoms with van der Waals surface area (Å²) >= 11 is 0. The van der Waals surface area contributed by atoms with Gasteiger partial charge in [-0.15, -0.1) is 0 Å².